The summed E-state index contributed by atoms with van der Waals surface area (Å²) in [5.41, 5.74) is 0. The average molecular weight is 379 g/mol. The number of rotatable bonds is 19. The lowest BCUT2D eigenvalue weighted by Crippen LogP contribution is -2.14. The van der Waals surface area contributed by atoms with Gasteiger partial charge in [0.05, 0.1) is 0 Å². The van der Waals surface area contributed by atoms with Crippen molar-refractivity contribution in [3.8, 4) is 0 Å². The summed E-state index contributed by atoms with van der Waals surface area (Å²) < 4.78 is 0. The second kappa shape index (κ2) is 19.3. The molecule has 0 nitrogen and oxygen atoms in total. The van der Waals surface area contributed by atoms with Crippen molar-refractivity contribution in [2.75, 3.05) is 0 Å². The van der Waals surface area contributed by atoms with E-state index in [1.807, 2.05) is 0 Å². The van der Waals surface area contributed by atoms with Gasteiger partial charge in [0.2, 0.25) is 0 Å². The third kappa shape index (κ3) is 15.6. The van der Waals surface area contributed by atoms with Gasteiger partial charge in [-0.3, -0.25) is 0 Å². The molecule has 0 bridgehead atoms. The van der Waals surface area contributed by atoms with Crippen LogP contribution < -0.4 is 0 Å². The van der Waals surface area contributed by atoms with Crippen LogP contribution in [0.3, 0.4) is 0 Å². The molecule has 1 aliphatic rings. The first kappa shape index (κ1) is 25.0. The van der Waals surface area contributed by atoms with E-state index in [2.05, 4.69) is 13.8 Å². The smallest absolute Gasteiger partial charge is 0.0414 e. The van der Waals surface area contributed by atoms with Crippen LogP contribution in [0.4, 0.5) is 0 Å². The van der Waals surface area contributed by atoms with E-state index in [0.717, 1.165) is 11.8 Å². The van der Waals surface area contributed by atoms with E-state index in [0.29, 0.717) is 0 Å². The maximum atomic E-state index is 2.31. The van der Waals surface area contributed by atoms with Crippen LogP contribution in [0.25, 0.3) is 0 Å². The fourth-order valence-electron chi connectivity index (χ4n) is 5.12. The summed E-state index contributed by atoms with van der Waals surface area (Å²) in [6.45, 7) is 4.62. The van der Waals surface area contributed by atoms with Gasteiger partial charge >= 0.3 is 0 Å². The maximum Gasteiger partial charge on any atom is -0.0414 e. The molecule has 0 heteroatoms. The molecule has 0 aromatic heterocycles. The monoisotopic (exact) mass is 378 g/mol. The van der Waals surface area contributed by atoms with E-state index >= 15 is 0 Å². The molecule has 0 heterocycles. The van der Waals surface area contributed by atoms with E-state index in [-0.39, 0.29) is 0 Å². The van der Waals surface area contributed by atoms with Crippen LogP contribution in [0.5, 0.6) is 0 Å². The van der Waals surface area contributed by atoms with Gasteiger partial charge in [0, 0.05) is 0 Å². The van der Waals surface area contributed by atoms with Gasteiger partial charge in [-0.15, -0.1) is 0 Å². The van der Waals surface area contributed by atoms with Gasteiger partial charge in [0.25, 0.3) is 0 Å². The molecule has 0 atom stereocenters. The van der Waals surface area contributed by atoms with Crippen LogP contribution in [0.15, 0.2) is 0 Å². The molecule has 0 N–H and O–H groups in total. The van der Waals surface area contributed by atoms with E-state index in [9.17, 15) is 0 Å². The standard InChI is InChI=1S/C27H54/c1-3-5-7-9-11-13-15-17-19-21-27-24-22-26(23-25-27)20-18-16-14-12-10-8-6-4-2/h26-27H,3-25H2,1-2H3. The summed E-state index contributed by atoms with van der Waals surface area (Å²) in [4.78, 5) is 0. The van der Waals surface area contributed by atoms with E-state index in [1.165, 1.54) is 109 Å². The quantitative estimate of drug-likeness (QED) is 0.196. The molecule has 0 saturated heterocycles. The molecule has 1 aliphatic carbocycles. The van der Waals surface area contributed by atoms with Gasteiger partial charge in [-0.1, -0.05) is 162 Å². The summed E-state index contributed by atoms with van der Waals surface area (Å²) in [5.74, 6) is 2.17. The van der Waals surface area contributed by atoms with Gasteiger partial charge in [-0.05, 0) is 11.8 Å². The fourth-order valence-corrected chi connectivity index (χ4v) is 5.12. The highest BCUT2D eigenvalue weighted by Crippen LogP contribution is 2.34. The first-order valence-corrected chi connectivity index (χ1v) is 13.4. The molecule has 0 aromatic carbocycles. The van der Waals surface area contributed by atoms with Crippen molar-refractivity contribution in [3.63, 3.8) is 0 Å². The predicted octanol–water partition coefficient (Wildman–Crippen LogP) is 10.2. The van der Waals surface area contributed by atoms with E-state index < -0.39 is 0 Å². The van der Waals surface area contributed by atoms with Crippen LogP contribution in [0.1, 0.15) is 162 Å². The average Bonchev–Trinajstić information content (AvgIpc) is 2.70. The summed E-state index contributed by atoms with van der Waals surface area (Å²) >= 11 is 0. The Morgan fingerprint density at radius 3 is 0.926 bits per heavy atom. The molecular weight excluding hydrogens is 324 g/mol. The highest BCUT2D eigenvalue weighted by atomic mass is 14.3. The molecule has 1 saturated carbocycles. The molecule has 0 unspecified atom stereocenters. The van der Waals surface area contributed by atoms with Crippen molar-refractivity contribution in [1.82, 2.24) is 0 Å². The molecule has 1 fully saturated rings. The molecule has 0 amide bonds. The van der Waals surface area contributed by atoms with Crippen LogP contribution in [-0.2, 0) is 0 Å². The minimum Gasteiger partial charge on any atom is -0.0654 e. The largest absolute Gasteiger partial charge is 0.0654 e. The molecule has 1 rings (SSSR count). The maximum absolute atomic E-state index is 2.31. The van der Waals surface area contributed by atoms with Crippen molar-refractivity contribution < 1.29 is 0 Å². The number of hydrogen-bond donors (Lipinski definition) is 0. The van der Waals surface area contributed by atoms with Crippen LogP contribution in [0.2, 0.25) is 0 Å². The molecule has 162 valence electrons. The van der Waals surface area contributed by atoms with Gasteiger partial charge in [-0.2, -0.15) is 0 Å². The van der Waals surface area contributed by atoms with Gasteiger partial charge in [0.15, 0.2) is 0 Å². The third-order valence-corrected chi connectivity index (χ3v) is 7.15. The van der Waals surface area contributed by atoms with Gasteiger partial charge < -0.3 is 0 Å². The highest BCUT2D eigenvalue weighted by molar-refractivity contribution is 4.73. The topological polar surface area (TPSA) is 0 Å². The molecule has 0 aromatic rings. The Hall–Kier alpha value is 0. The van der Waals surface area contributed by atoms with Crippen molar-refractivity contribution in [2.45, 2.75) is 162 Å². The van der Waals surface area contributed by atoms with E-state index in [4.69, 9.17) is 0 Å². The van der Waals surface area contributed by atoms with Gasteiger partial charge in [-0.25, -0.2) is 0 Å². The lowest BCUT2D eigenvalue weighted by Gasteiger charge is -2.28. The van der Waals surface area contributed by atoms with Crippen LogP contribution in [0, 0.1) is 11.8 Å². The highest BCUT2D eigenvalue weighted by Gasteiger charge is 2.20. The fraction of sp³-hybridized carbons (Fsp3) is 1.00. The predicted molar refractivity (Wildman–Crippen MR) is 125 cm³/mol. The first-order valence-electron chi connectivity index (χ1n) is 13.4. The SMILES string of the molecule is CCCCCCCCCCCC1CCC(CCCCCCCCCC)CC1. The lowest BCUT2D eigenvalue weighted by atomic mass is 9.78. The minimum atomic E-state index is 1.09. The second-order valence-corrected chi connectivity index (χ2v) is 9.77. The zero-order chi connectivity index (χ0) is 19.4. The summed E-state index contributed by atoms with van der Waals surface area (Å²) in [6, 6.07) is 0. The van der Waals surface area contributed by atoms with Crippen LogP contribution >= 0.6 is 0 Å². The first-order chi connectivity index (χ1) is 13.4. The summed E-state index contributed by atoms with van der Waals surface area (Å²) in [6.07, 6.45) is 34.4. The van der Waals surface area contributed by atoms with Crippen molar-refractivity contribution in [2.24, 2.45) is 11.8 Å². The van der Waals surface area contributed by atoms with Crippen molar-refractivity contribution in [3.05, 3.63) is 0 Å². The Bertz CT molecular complexity index is 274. The Balaban J connectivity index is 1.82. The minimum absolute atomic E-state index is 1.09. The van der Waals surface area contributed by atoms with Crippen LogP contribution in [-0.4, -0.2) is 0 Å². The zero-order valence-electron chi connectivity index (χ0n) is 19.4. The van der Waals surface area contributed by atoms with Crippen molar-refractivity contribution in [1.29, 1.82) is 0 Å². The molecule has 0 radical (unpaired) electrons. The number of hydrogen-bond acceptors (Lipinski definition) is 0. The molecular formula is C27H54. The molecule has 0 spiro atoms. The molecule has 27 heavy (non-hydrogen) atoms. The third-order valence-electron chi connectivity index (χ3n) is 7.15. The Kier molecular flexibility index (Phi) is 17.9. The Morgan fingerprint density at radius 1 is 0.370 bits per heavy atom. The summed E-state index contributed by atoms with van der Waals surface area (Å²) in [5, 5.41) is 0. The summed E-state index contributed by atoms with van der Waals surface area (Å²) in [7, 11) is 0. The number of unbranched alkanes of at least 4 members (excludes halogenated alkanes) is 15. The Labute approximate surface area is 173 Å². The zero-order valence-corrected chi connectivity index (χ0v) is 19.4. The normalized spacial score (nSPS) is 20.2. The Morgan fingerprint density at radius 2 is 0.630 bits per heavy atom. The van der Waals surface area contributed by atoms with Gasteiger partial charge in [0.1, 0.15) is 0 Å². The second-order valence-electron chi connectivity index (χ2n) is 9.77. The van der Waals surface area contributed by atoms with Crippen molar-refractivity contribution >= 4 is 0 Å². The van der Waals surface area contributed by atoms with E-state index in [1.54, 1.807) is 38.5 Å². The lowest BCUT2D eigenvalue weighted by molar-refractivity contribution is 0.244. The molecule has 0 aliphatic heterocycles.